The van der Waals surface area contributed by atoms with Crippen LogP contribution in [0.15, 0.2) is 83.8 Å². The number of rotatable bonds is 5. The Balaban J connectivity index is 1.53. The Morgan fingerprint density at radius 2 is 1.68 bits per heavy atom. The van der Waals surface area contributed by atoms with Gasteiger partial charge in [0.1, 0.15) is 0 Å². The number of fused-ring (bicyclic) bond motifs is 1. The molecule has 0 aliphatic carbocycles. The van der Waals surface area contributed by atoms with E-state index in [1.807, 2.05) is 55.6 Å². The van der Waals surface area contributed by atoms with Crippen molar-refractivity contribution in [2.24, 2.45) is 0 Å². The zero-order valence-electron chi connectivity index (χ0n) is 17.4. The fourth-order valence-corrected chi connectivity index (χ4v) is 4.77. The van der Waals surface area contributed by atoms with E-state index < -0.39 is 10.0 Å². The number of nitrogens with one attached hydrogen (secondary N) is 1. The average molecular weight is 436 g/mol. The number of likely N-dealkylation sites (N-methyl/N-ethyl adjacent to an activating group) is 1. The molecule has 3 aromatic rings. The van der Waals surface area contributed by atoms with Crippen LogP contribution in [0.4, 0.5) is 5.69 Å². The number of benzene rings is 3. The monoisotopic (exact) mass is 435 g/mol. The Labute approximate surface area is 183 Å². The largest absolute Gasteiger partial charge is 0.373 e. The van der Waals surface area contributed by atoms with Crippen LogP contribution >= 0.6 is 0 Å². The number of hydrogen-bond acceptors (Lipinski definition) is 4. The number of carbonyl (C=O) groups excluding carboxylic acids is 1. The highest BCUT2D eigenvalue weighted by atomic mass is 32.2. The van der Waals surface area contributed by atoms with E-state index in [2.05, 4.69) is 15.7 Å². The van der Waals surface area contributed by atoms with E-state index in [0.29, 0.717) is 25.2 Å². The molecule has 0 radical (unpaired) electrons. The molecule has 1 amide bonds. The maximum Gasteiger partial charge on any atom is 0.254 e. The first-order chi connectivity index (χ1) is 14.9. The van der Waals surface area contributed by atoms with Crippen LogP contribution in [0, 0.1) is 0 Å². The maximum absolute atomic E-state index is 13.2. The number of nitrogens with zero attached hydrogens (tertiary/aromatic N) is 2. The van der Waals surface area contributed by atoms with Gasteiger partial charge in [-0.05, 0) is 35.4 Å². The van der Waals surface area contributed by atoms with Crippen molar-refractivity contribution in [2.45, 2.75) is 18.0 Å². The number of amides is 1. The number of carbonyl (C=O) groups is 1. The molecule has 1 heterocycles. The van der Waals surface area contributed by atoms with Crippen molar-refractivity contribution in [2.75, 3.05) is 25.0 Å². The summed E-state index contributed by atoms with van der Waals surface area (Å²) in [5.41, 5.74) is 3.42. The molecule has 1 N–H and O–H groups in total. The summed E-state index contributed by atoms with van der Waals surface area (Å²) in [6, 6.07) is 23.6. The maximum atomic E-state index is 13.2. The van der Waals surface area contributed by atoms with Gasteiger partial charge in [-0.2, -0.15) is 0 Å². The predicted molar refractivity (Wildman–Crippen MR) is 121 cm³/mol. The third-order valence-electron chi connectivity index (χ3n) is 5.46. The van der Waals surface area contributed by atoms with E-state index in [4.69, 9.17) is 0 Å². The minimum absolute atomic E-state index is 0.0848. The molecule has 0 aromatic heterocycles. The zero-order valence-corrected chi connectivity index (χ0v) is 18.2. The molecule has 7 heteroatoms. The van der Waals surface area contributed by atoms with Crippen molar-refractivity contribution in [3.63, 3.8) is 0 Å². The van der Waals surface area contributed by atoms with Crippen LogP contribution in [0.25, 0.3) is 0 Å². The van der Waals surface area contributed by atoms with E-state index in [1.165, 1.54) is 12.1 Å². The van der Waals surface area contributed by atoms with Crippen molar-refractivity contribution >= 4 is 21.6 Å². The normalized spacial score (nSPS) is 14.1. The molecule has 0 fully saturated rings. The standard InChI is InChI=1S/C24H25N3O3S/c1-26-14-15-27(18-21-10-5-6-13-23(21)26)24(28)20-11-7-12-22(16-20)31(29,30)25-17-19-8-3-2-4-9-19/h2-13,16,25H,14-15,17-18H2,1H3. The van der Waals surface area contributed by atoms with Crippen molar-refractivity contribution < 1.29 is 13.2 Å². The summed E-state index contributed by atoms with van der Waals surface area (Å²) in [7, 11) is -1.73. The van der Waals surface area contributed by atoms with Crippen LogP contribution < -0.4 is 9.62 Å². The Hall–Kier alpha value is -3.16. The molecule has 31 heavy (non-hydrogen) atoms. The highest BCUT2D eigenvalue weighted by molar-refractivity contribution is 7.89. The predicted octanol–water partition coefficient (Wildman–Crippen LogP) is 3.26. The lowest BCUT2D eigenvalue weighted by Crippen LogP contribution is -2.34. The summed E-state index contributed by atoms with van der Waals surface area (Å²) in [6.45, 7) is 1.95. The summed E-state index contributed by atoms with van der Waals surface area (Å²) >= 11 is 0. The Bertz CT molecular complexity index is 1180. The highest BCUT2D eigenvalue weighted by Gasteiger charge is 2.23. The summed E-state index contributed by atoms with van der Waals surface area (Å²) in [6.07, 6.45) is 0. The zero-order chi connectivity index (χ0) is 21.8. The van der Waals surface area contributed by atoms with Gasteiger partial charge in [-0.1, -0.05) is 54.6 Å². The van der Waals surface area contributed by atoms with Gasteiger partial charge < -0.3 is 9.80 Å². The highest BCUT2D eigenvalue weighted by Crippen LogP contribution is 2.25. The minimum atomic E-state index is -3.74. The molecule has 0 unspecified atom stereocenters. The van der Waals surface area contributed by atoms with Gasteiger partial charge in [-0.3, -0.25) is 4.79 Å². The van der Waals surface area contributed by atoms with E-state index in [-0.39, 0.29) is 17.3 Å². The Kier molecular flexibility index (Phi) is 6.06. The molecule has 1 aliphatic heterocycles. The SMILES string of the molecule is CN1CCN(C(=O)c2cccc(S(=O)(=O)NCc3ccccc3)c2)Cc2ccccc21. The van der Waals surface area contributed by atoms with Gasteiger partial charge in [-0.15, -0.1) is 0 Å². The van der Waals surface area contributed by atoms with Crippen molar-refractivity contribution in [1.29, 1.82) is 0 Å². The molecule has 3 aromatic carbocycles. The Morgan fingerprint density at radius 1 is 0.935 bits per heavy atom. The summed E-state index contributed by atoms with van der Waals surface area (Å²) < 4.78 is 28.2. The molecule has 0 spiro atoms. The number of para-hydroxylation sites is 1. The molecule has 0 saturated carbocycles. The fraction of sp³-hybridized carbons (Fsp3) is 0.208. The van der Waals surface area contributed by atoms with Crippen molar-refractivity contribution in [1.82, 2.24) is 9.62 Å². The first-order valence-electron chi connectivity index (χ1n) is 10.2. The molecule has 6 nitrogen and oxygen atoms in total. The molecule has 1 aliphatic rings. The summed E-state index contributed by atoms with van der Waals surface area (Å²) in [5, 5.41) is 0. The van der Waals surface area contributed by atoms with E-state index in [1.54, 1.807) is 17.0 Å². The summed E-state index contributed by atoms with van der Waals surface area (Å²) in [5.74, 6) is -0.176. The van der Waals surface area contributed by atoms with E-state index in [9.17, 15) is 13.2 Å². The number of sulfonamides is 1. The Morgan fingerprint density at radius 3 is 2.48 bits per heavy atom. The molecule has 0 atom stereocenters. The van der Waals surface area contributed by atoms with Gasteiger partial charge in [0, 0.05) is 44.5 Å². The van der Waals surface area contributed by atoms with E-state index in [0.717, 1.165) is 16.8 Å². The second-order valence-electron chi connectivity index (χ2n) is 7.61. The quantitative estimate of drug-likeness (QED) is 0.668. The third kappa shape index (κ3) is 4.78. The topological polar surface area (TPSA) is 69.7 Å². The lowest BCUT2D eigenvalue weighted by Gasteiger charge is -2.21. The van der Waals surface area contributed by atoms with Gasteiger partial charge in [0.25, 0.3) is 5.91 Å². The van der Waals surface area contributed by atoms with Crippen LogP contribution in [-0.4, -0.2) is 39.4 Å². The van der Waals surface area contributed by atoms with Crippen LogP contribution in [0.1, 0.15) is 21.5 Å². The van der Waals surface area contributed by atoms with E-state index >= 15 is 0 Å². The summed E-state index contributed by atoms with van der Waals surface area (Å²) in [4.78, 5) is 17.2. The molecule has 160 valence electrons. The first-order valence-corrected chi connectivity index (χ1v) is 11.6. The van der Waals surface area contributed by atoms with Crippen LogP contribution in [0.5, 0.6) is 0 Å². The lowest BCUT2D eigenvalue weighted by molar-refractivity contribution is 0.0751. The fourth-order valence-electron chi connectivity index (χ4n) is 3.70. The lowest BCUT2D eigenvalue weighted by atomic mass is 10.1. The van der Waals surface area contributed by atoms with Gasteiger partial charge in [0.15, 0.2) is 0 Å². The molecule has 0 saturated heterocycles. The number of hydrogen-bond donors (Lipinski definition) is 1. The minimum Gasteiger partial charge on any atom is -0.373 e. The van der Waals surface area contributed by atoms with Crippen LogP contribution in [0.2, 0.25) is 0 Å². The molecule has 0 bridgehead atoms. The molecule has 4 rings (SSSR count). The van der Waals surface area contributed by atoms with Gasteiger partial charge >= 0.3 is 0 Å². The number of anilines is 1. The van der Waals surface area contributed by atoms with Crippen LogP contribution in [-0.2, 0) is 23.1 Å². The average Bonchev–Trinajstić information content (AvgIpc) is 2.97. The second-order valence-corrected chi connectivity index (χ2v) is 9.38. The molecular formula is C24H25N3O3S. The third-order valence-corrected chi connectivity index (χ3v) is 6.86. The smallest absolute Gasteiger partial charge is 0.254 e. The van der Waals surface area contributed by atoms with Gasteiger partial charge in [0.05, 0.1) is 4.90 Å². The van der Waals surface area contributed by atoms with Gasteiger partial charge in [0.2, 0.25) is 10.0 Å². The van der Waals surface area contributed by atoms with Crippen molar-refractivity contribution in [3.05, 3.63) is 95.6 Å². The first kappa shape index (κ1) is 21.1. The van der Waals surface area contributed by atoms with Gasteiger partial charge in [-0.25, -0.2) is 13.1 Å². The second kappa shape index (κ2) is 8.91. The van der Waals surface area contributed by atoms with Crippen molar-refractivity contribution in [3.8, 4) is 0 Å². The molecular weight excluding hydrogens is 410 g/mol. The van der Waals surface area contributed by atoms with Crippen LogP contribution in [0.3, 0.4) is 0 Å².